The quantitative estimate of drug-likeness (QED) is 0.870. The summed E-state index contributed by atoms with van der Waals surface area (Å²) in [5, 5.41) is 0. The minimum Gasteiger partial charge on any atom is -0.486 e. The van der Waals surface area contributed by atoms with Gasteiger partial charge >= 0.3 is 0 Å². The van der Waals surface area contributed by atoms with Crippen LogP contribution in [-0.4, -0.2) is 37.1 Å². The van der Waals surface area contributed by atoms with Crippen molar-refractivity contribution in [1.82, 2.24) is 4.90 Å². The Morgan fingerprint density at radius 2 is 1.83 bits per heavy atom. The third kappa shape index (κ3) is 3.47. The lowest BCUT2D eigenvalue weighted by Crippen LogP contribution is -2.41. The fraction of sp³-hybridized carbons (Fsp3) is 0.316. The number of para-hydroxylation sites is 2. The highest BCUT2D eigenvalue weighted by Gasteiger charge is 2.24. The summed E-state index contributed by atoms with van der Waals surface area (Å²) in [5.41, 5.74) is 1.92. The molecule has 1 amide bonds. The lowest BCUT2D eigenvalue weighted by atomic mass is 10.1. The summed E-state index contributed by atoms with van der Waals surface area (Å²) >= 11 is 0. The molecule has 1 unspecified atom stereocenters. The smallest absolute Gasteiger partial charge is 0.253 e. The van der Waals surface area contributed by atoms with Crippen molar-refractivity contribution in [2.24, 2.45) is 0 Å². The number of fused-ring (bicyclic) bond motifs is 1. The molecule has 3 rings (SSSR count). The fourth-order valence-electron chi connectivity index (χ4n) is 2.64. The number of hydrogen-bond acceptors (Lipinski definition) is 3. The van der Waals surface area contributed by atoms with Crippen LogP contribution in [0, 0.1) is 0 Å². The maximum Gasteiger partial charge on any atom is 0.253 e. The van der Waals surface area contributed by atoms with Crippen LogP contribution in [0.25, 0.3) is 0 Å². The van der Waals surface area contributed by atoms with E-state index in [9.17, 15) is 4.79 Å². The van der Waals surface area contributed by atoms with Gasteiger partial charge in [-0.05, 0) is 36.2 Å². The van der Waals surface area contributed by atoms with Gasteiger partial charge in [-0.3, -0.25) is 4.79 Å². The molecule has 0 spiro atoms. The van der Waals surface area contributed by atoms with Gasteiger partial charge in [0.2, 0.25) is 0 Å². The highest BCUT2D eigenvalue weighted by Crippen LogP contribution is 2.31. The monoisotopic (exact) mass is 311 g/mol. The number of likely N-dealkylation sites (N-methyl/N-ethyl adjacent to an activating group) is 1. The molecule has 120 valence electrons. The maximum absolute atomic E-state index is 12.5. The van der Waals surface area contributed by atoms with E-state index >= 15 is 0 Å². The van der Waals surface area contributed by atoms with Crippen molar-refractivity contribution in [2.75, 3.05) is 20.2 Å². The summed E-state index contributed by atoms with van der Waals surface area (Å²) in [6.45, 7) is 3.04. The van der Waals surface area contributed by atoms with Gasteiger partial charge in [0.1, 0.15) is 6.61 Å². The SMILES string of the molecule is CCc1ccc(C(=O)N(C)CC2COc3ccccc3O2)cc1. The van der Waals surface area contributed by atoms with E-state index in [0.717, 1.165) is 17.9 Å². The van der Waals surface area contributed by atoms with Gasteiger partial charge in [-0.2, -0.15) is 0 Å². The third-order valence-electron chi connectivity index (χ3n) is 4.00. The van der Waals surface area contributed by atoms with Crippen LogP contribution in [0.3, 0.4) is 0 Å². The number of rotatable bonds is 4. The highest BCUT2D eigenvalue weighted by atomic mass is 16.6. The van der Waals surface area contributed by atoms with Crippen LogP contribution in [0.2, 0.25) is 0 Å². The van der Waals surface area contributed by atoms with Gasteiger partial charge in [0.25, 0.3) is 5.91 Å². The molecule has 4 nitrogen and oxygen atoms in total. The van der Waals surface area contributed by atoms with E-state index in [1.54, 1.807) is 11.9 Å². The van der Waals surface area contributed by atoms with E-state index in [0.29, 0.717) is 18.7 Å². The average molecular weight is 311 g/mol. The number of carbonyl (C=O) groups is 1. The zero-order valence-corrected chi connectivity index (χ0v) is 13.5. The molecule has 0 aromatic heterocycles. The van der Waals surface area contributed by atoms with E-state index < -0.39 is 0 Å². The Morgan fingerprint density at radius 3 is 2.52 bits per heavy atom. The Hall–Kier alpha value is -2.49. The minimum absolute atomic E-state index is 0.00453. The fourth-order valence-corrected chi connectivity index (χ4v) is 2.64. The van der Waals surface area contributed by atoms with Gasteiger partial charge in [-0.25, -0.2) is 0 Å². The van der Waals surface area contributed by atoms with Gasteiger partial charge in [-0.15, -0.1) is 0 Å². The average Bonchev–Trinajstić information content (AvgIpc) is 2.61. The first-order valence-corrected chi connectivity index (χ1v) is 7.90. The summed E-state index contributed by atoms with van der Waals surface area (Å²) < 4.78 is 11.6. The van der Waals surface area contributed by atoms with Crippen LogP contribution in [0.1, 0.15) is 22.8 Å². The van der Waals surface area contributed by atoms with Gasteiger partial charge in [0.05, 0.1) is 6.54 Å². The zero-order chi connectivity index (χ0) is 16.2. The molecular weight excluding hydrogens is 290 g/mol. The van der Waals surface area contributed by atoms with E-state index in [-0.39, 0.29) is 12.0 Å². The van der Waals surface area contributed by atoms with Crippen molar-refractivity contribution in [1.29, 1.82) is 0 Å². The number of hydrogen-bond donors (Lipinski definition) is 0. The van der Waals surface area contributed by atoms with Crippen molar-refractivity contribution >= 4 is 5.91 Å². The Bertz CT molecular complexity index is 681. The number of aryl methyl sites for hydroxylation is 1. The second-order valence-electron chi connectivity index (χ2n) is 5.73. The number of nitrogens with zero attached hydrogens (tertiary/aromatic N) is 1. The minimum atomic E-state index is -0.159. The normalized spacial score (nSPS) is 16.0. The largest absolute Gasteiger partial charge is 0.486 e. The Labute approximate surface area is 136 Å². The summed E-state index contributed by atoms with van der Waals surface area (Å²) in [5.74, 6) is 1.49. The molecule has 2 aromatic rings. The molecule has 1 atom stereocenters. The highest BCUT2D eigenvalue weighted by molar-refractivity contribution is 5.94. The predicted octanol–water partition coefficient (Wildman–Crippen LogP) is 3.16. The summed E-state index contributed by atoms with van der Waals surface area (Å²) in [6, 6.07) is 15.3. The van der Waals surface area contributed by atoms with Crippen LogP contribution in [0.5, 0.6) is 11.5 Å². The van der Waals surface area contributed by atoms with Crippen molar-refractivity contribution in [2.45, 2.75) is 19.4 Å². The molecule has 0 aliphatic carbocycles. The first-order chi connectivity index (χ1) is 11.2. The Kier molecular flexibility index (Phi) is 4.51. The molecule has 2 aromatic carbocycles. The lowest BCUT2D eigenvalue weighted by molar-refractivity contribution is 0.0521. The first-order valence-electron chi connectivity index (χ1n) is 7.90. The van der Waals surface area contributed by atoms with Crippen molar-refractivity contribution in [3.05, 3.63) is 59.7 Å². The van der Waals surface area contributed by atoms with Crippen LogP contribution in [-0.2, 0) is 6.42 Å². The molecule has 4 heteroatoms. The second-order valence-corrected chi connectivity index (χ2v) is 5.73. The zero-order valence-electron chi connectivity index (χ0n) is 13.5. The van der Waals surface area contributed by atoms with Crippen molar-refractivity contribution < 1.29 is 14.3 Å². The Balaban J connectivity index is 1.62. The van der Waals surface area contributed by atoms with E-state index in [1.165, 1.54) is 5.56 Å². The molecule has 0 bridgehead atoms. The van der Waals surface area contributed by atoms with Crippen LogP contribution >= 0.6 is 0 Å². The standard InChI is InChI=1S/C19H21NO3/c1-3-14-8-10-15(11-9-14)19(21)20(2)12-16-13-22-17-6-4-5-7-18(17)23-16/h4-11,16H,3,12-13H2,1-2H3. The molecular formula is C19H21NO3. The van der Waals surface area contributed by atoms with Crippen molar-refractivity contribution in [3.8, 4) is 11.5 Å². The second kappa shape index (κ2) is 6.73. The molecule has 1 heterocycles. The number of benzene rings is 2. The predicted molar refractivity (Wildman–Crippen MR) is 89.1 cm³/mol. The van der Waals surface area contributed by atoms with E-state index in [4.69, 9.17) is 9.47 Å². The van der Waals surface area contributed by atoms with E-state index in [2.05, 4.69) is 6.92 Å². The van der Waals surface area contributed by atoms with Crippen LogP contribution in [0.15, 0.2) is 48.5 Å². The molecule has 0 N–H and O–H groups in total. The van der Waals surface area contributed by atoms with Crippen LogP contribution in [0.4, 0.5) is 0 Å². The molecule has 0 saturated carbocycles. The summed E-state index contributed by atoms with van der Waals surface area (Å²) in [6.07, 6.45) is 0.811. The van der Waals surface area contributed by atoms with Crippen molar-refractivity contribution in [3.63, 3.8) is 0 Å². The molecule has 23 heavy (non-hydrogen) atoms. The first kappa shape index (κ1) is 15.4. The summed E-state index contributed by atoms with van der Waals surface area (Å²) in [4.78, 5) is 14.2. The van der Waals surface area contributed by atoms with Gasteiger partial charge in [-0.1, -0.05) is 31.2 Å². The third-order valence-corrected chi connectivity index (χ3v) is 4.00. The topological polar surface area (TPSA) is 38.8 Å². The Morgan fingerprint density at radius 1 is 1.13 bits per heavy atom. The number of ether oxygens (including phenoxy) is 2. The number of carbonyl (C=O) groups excluding carboxylic acids is 1. The van der Waals surface area contributed by atoms with E-state index in [1.807, 2.05) is 48.5 Å². The molecule has 0 fully saturated rings. The van der Waals surface area contributed by atoms with Crippen LogP contribution < -0.4 is 9.47 Å². The van der Waals surface area contributed by atoms with Gasteiger partial charge < -0.3 is 14.4 Å². The molecule has 0 saturated heterocycles. The molecule has 1 aliphatic heterocycles. The van der Waals surface area contributed by atoms with Gasteiger partial charge in [0, 0.05) is 12.6 Å². The molecule has 0 radical (unpaired) electrons. The summed E-state index contributed by atoms with van der Waals surface area (Å²) in [7, 11) is 1.79. The number of amides is 1. The lowest BCUT2D eigenvalue weighted by Gasteiger charge is -2.29. The van der Waals surface area contributed by atoms with Gasteiger partial charge in [0.15, 0.2) is 17.6 Å². The maximum atomic E-state index is 12.5. The molecule has 1 aliphatic rings.